The number of fused-ring (bicyclic) bond motifs is 2. The second-order valence-electron chi connectivity index (χ2n) is 9.84. The Hall–Kier alpha value is -2.63. The molecule has 0 saturated heterocycles. The van der Waals surface area contributed by atoms with Crippen LogP contribution in [-0.4, -0.2) is 29.6 Å². The second kappa shape index (κ2) is 9.47. The van der Waals surface area contributed by atoms with Crippen LogP contribution >= 0.6 is 0 Å². The highest BCUT2D eigenvalue weighted by Crippen LogP contribution is 2.58. The van der Waals surface area contributed by atoms with Crippen molar-refractivity contribution in [2.45, 2.75) is 74.1 Å². The third-order valence-electron chi connectivity index (χ3n) is 6.33. The van der Waals surface area contributed by atoms with Crippen LogP contribution in [0.25, 0.3) is 0 Å². The summed E-state index contributed by atoms with van der Waals surface area (Å²) in [4.78, 5) is 65.6. The Morgan fingerprint density at radius 1 is 1.03 bits per heavy atom. The molecule has 2 bridgehead atoms. The molecule has 0 aromatic heterocycles. The fourth-order valence-corrected chi connectivity index (χ4v) is 4.90. The van der Waals surface area contributed by atoms with Gasteiger partial charge in [-0.3, -0.25) is 19.2 Å². The number of ketones is 3. The van der Waals surface area contributed by atoms with E-state index in [9.17, 15) is 24.0 Å². The van der Waals surface area contributed by atoms with Gasteiger partial charge in [0.15, 0.2) is 22.8 Å². The molecule has 6 nitrogen and oxygen atoms in total. The summed E-state index contributed by atoms with van der Waals surface area (Å²) in [6.07, 6.45) is 4.64. The first-order valence-electron chi connectivity index (χ1n) is 11.1. The summed E-state index contributed by atoms with van der Waals surface area (Å²) in [7, 11) is 0. The van der Waals surface area contributed by atoms with E-state index in [4.69, 9.17) is 4.74 Å². The molecule has 0 N–H and O–H groups in total. The van der Waals surface area contributed by atoms with E-state index in [-0.39, 0.29) is 37.0 Å². The molecule has 2 aliphatic carbocycles. The fraction of sp³-hybridized carbons (Fsp3) is 0.577. The van der Waals surface area contributed by atoms with Crippen LogP contribution in [0, 0.1) is 22.7 Å². The normalized spacial score (nSPS) is 27.2. The van der Waals surface area contributed by atoms with E-state index in [1.54, 1.807) is 13.8 Å². The number of rotatable bonds is 8. The Balaban J connectivity index is 2.99. The van der Waals surface area contributed by atoms with Crippen molar-refractivity contribution < 1.29 is 28.7 Å². The molecule has 0 amide bonds. The van der Waals surface area contributed by atoms with E-state index < -0.39 is 46.0 Å². The summed E-state index contributed by atoms with van der Waals surface area (Å²) in [5, 5.41) is 0. The average Bonchev–Trinajstić information content (AvgIpc) is 2.70. The lowest BCUT2D eigenvalue weighted by Gasteiger charge is -2.51. The van der Waals surface area contributed by atoms with Crippen molar-refractivity contribution in [2.24, 2.45) is 22.7 Å². The number of hydrogen-bond donors (Lipinski definition) is 0. The Labute approximate surface area is 190 Å². The molecule has 32 heavy (non-hydrogen) atoms. The Bertz CT molecular complexity index is 939. The minimum Gasteiger partial charge on any atom is -0.430 e. The van der Waals surface area contributed by atoms with Gasteiger partial charge < -0.3 is 9.53 Å². The van der Waals surface area contributed by atoms with Crippen molar-refractivity contribution in [3.05, 3.63) is 34.6 Å². The summed E-state index contributed by atoms with van der Waals surface area (Å²) in [6, 6.07) is 0. The van der Waals surface area contributed by atoms with Crippen molar-refractivity contribution in [3.63, 3.8) is 0 Å². The molecular weight excluding hydrogens is 408 g/mol. The van der Waals surface area contributed by atoms with Crippen LogP contribution in [0.3, 0.4) is 0 Å². The smallest absolute Gasteiger partial charge is 0.307 e. The van der Waals surface area contributed by atoms with Gasteiger partial charge >= 0.3 is 5.97 Å². The minimum atomic E-state index is -1.93. The van der Waals surface area contributed by atoms with Gasteiger partial charge in [-0.1, -0.05) is 37.1 Å². The molecular formula is C26H34O6. The van der Waals surface area contributed by atoms with E-state index >= 15 is 0 Å². The highest BCUT2D eigenvalue weighted by molar-refractivity contribution is 6.33. The van der Waals surface area contributed by atoms with Gasteiger partial charge in [0.1, 0.15) is 12.0 Å². The van der Waals surface area contributed by atoms with E-state index in [0.29, 0.717) is 6.29 Å². The summed E-state index contributed by atoms with van der Waals surface area (Å²) < 4.78 is 5.59. The Morgan fingerprint density at radius 2 is 1.62 bits per heavy atom. The van der Waals surface area contributed by atoms with E-state index in [1.807, 2.05) is 39.8 Å². The van der Waals surface area contributed by atoms with Crippen molar-refractivity contribution in [1.29, 1.82) is 0 Å². The van der Waals surface area contributed by atoms with E-state index in [1.165, 1.54) is 6.92 Å². The zero-order valence-electron chi connectivity index (χ0n) is 20.2. The Kier molecular flexibility index (Phi) is 7.59. The summed E-state index contributed by atoms with van der Waals surface area (Å²) in [6.45, 7) is 12.0. The largest absolute Gasteiger partial charge is 0.430 e. The molecule has 0 aromatic carbocycles. The van der Waals surface area contributed by atoms with Crippen molar-refractivity contribution in [2.75, 3.05) is 0 Å². The zero-order chi connectivity index (χ0) is 24.4. The number of carbonyl (C=O) groups excluding carboxylic acids is 5. The molecule has 174 valence electrons. The number of allylic oxidation sites excluding steroid dienone is 6. The maximum atomic E-state index is 14.1. The molecule has 0 unspecified atom stereocenters. The molecule has 2 rings (SSSR count). The number of aldehydes is 1. The standard InChI is InChI=1S/C26H34O6/c1-15(2)8-9-20-22(30)26(21(29)17(5)6)13-19(14-27)12-25(24(26)31,11-10-16(3)4)23(20)32-18(7)28/h8,10,14,17,19H,9,11-13H2,1-7H3/t19-,25+,26+/m1/s1. The highest BCUT2D eigenvalue weighted by Gasteiger charge is 2.68. The van der Waals surface area contributed by atoms with Gasteiger partial charge in [-0.25, -0.2) is 0 Å². The predicted molar refractivity (Wildman–Crippen MR) is 120 cm³/mol. The van der Waals surface area contributed by atoms with Gasteiger partial charge in [0, 0.05) is 24.3 Å². The van der Waals surface area contributed by atoms with Gasteiger partial charge in [0.25, 0.3) is 0 Å². The molecule has 0 heterocycles. The first-order chi connectivity index (χ1) is 14.8. The number of ether oxygens (including phenoxy) is 1. The average molecular weight is 443 g/mol. The minimum absolute atomic E-state index is 0.00808. The van der Waals surface area contributed by atoms with Crippen molar-refractivity contribution >= 4 is 29.6 Å². The first kappa shape index (κ1) is 25.6. The third-order valence-corrected chi connectivity index (χ3v) is 6.33. The molecule has 0 spiro atoms. The lowest BCUT2D eigenvalue weighted by molar-refractivity contribution is -0.164. The summed E-state index contributed by atoms with van der Waals surface area (Å²) >= 11 is 0. The quantitative estimate of drug-likeness (QED) is 0.238. The van der Waals surface area contributed by atoms with Gasteiger partial charge in [0.2, 0.25) is 0 Å². The topological polar surface area (TPSA) is 94.6 Å². The van der Waals surface area contributed by atoms with Crippen molar-refractivity contribution in [3.8, 4) is 0 Å². The predicted octanol–water partition coefficient (Wildman–Crippen LogP) is 4.47. The van der Waals surface area contributed by atoms with Gasteiger partial charge in [-0.05, 0) is 53.4 Å². The van der Waals surface area contributed by atoms with Crippen LogP contribution in [0.4, 0.5) is 0 Å². The van der Waals surface area contributed by atoms with Crippen LogP contribution in [0.1, 0.15) is 74.1 Å². The molecule has 0 aliphatic heterocycles. The maximum Gasteiger partial charge on any atom is 0.307 e. The number of esters is 1. The SMILES string of the molecule is CC(=O)OC1=C(CC=C(C)C)C(=O)[C@@]2(C(=O)C(C)C)C[C@H](C=O)C[C@]1(CC=C(C)C)C2=O. The monoisotopic (exact) mass is 442 g/mol. The van der Waals surface area contributed by atoms with Crippen LogP contribution in [-0.2, 0) is 28.7 Å². The van der Waals surface area contributed by atoms with Crippen molar-refractivity contribution in [1.82, 2.24) is 0 Å². The van der Waals surface area contributed by atoms with Crippen LogP contribution in [0.15, 0.2) is 34.6 Å². The highest BCUT2D eigenvalue weighted by atomic mass is 16.5. The molecule has 3 atom stereocenters. The van der Waals surface area contributed by atoms with Crippen LogP contribution < -0.4 is 0 Å². The molecule has 0 radical (unpaired) electrons. The van der Waals surface area contributed by atoms with Gasteiger partial charge in [-0.15, -0.1) is 0 Å². The first-order valence-corrected chi connectivity index (χ1v) is 11.1. The lowest BCUT2D eigenvalue weighted by Crippen LogP contribution is -2.63. The van der Waals surface area contributed by atoms with E-state index in [0.717, 1.165) is 11.1 Å². The van der Waals surface area contributed by atoms with Crippen LogP contribution in [0.2, 0.25) is 0 Å². The molecule has 1 fully saturated rings. The zero-order valence-corrected chi connectivity index (χ0v) is 20.2. The van der Waals surface area contributed by atoms with E-state index in [2.05, 4.69) is 0 Å². The number of hydrogen-bond acceptors (Lipinski definition) is 6. The van der Waals surface area contributed by atoms with Crippen LogP contribution in [0.5, 0.6) is 0 Å². The molecule has 0 aromatic rings. The molecule has 2 aliphatic rings. The van der Waals surface area contributed by atoms with Gasteiger partial charge in [0.05, 0.1) is 5.41 Å². The Morgan fingerprint density at radius 3 is 2.09 bits per heavy atom. The summed E-state index contributed by atoms with van der Waals surface area (Å²) in [5.41, 5.74) is -1.28. The number of carbonyl (C=O) groups is 5. The third kappa shape index (κ3) is 4.32. The maximum absolute atomic E-state index is 14.1. The number of Topliss-reactive ketones (excluding diaryl/α,β-unsaturated/α-hetero) is 3. The van der Waals surface area contributed by atoms with Gasteiger partial charge in [-0.2, -0.15) is 0 Å². The second-order valence-corrected chi connectivity index (χ2v) is 9.84. The molecule has 1 saturated carbocycles. The molecule has 6 heteroatoms. The fourth-order valence-electron chi connectivity index (χ4n) is 4.90. The lowest BCUT2D eigenvalue weighted by atomic mass is 9.48. The summed E-state index contributed by atoms with van der Waals surface area (Å²) in [5.74, 6) is -3.54.